The summed E-state index contributed by atoms with van der Waals surface area (Å²) in [5.41, 5.74) is 1.46. The average Bonchev–Trinajstić information content (AvgIpc) is 3.47. The van der Waals surface area contributed by atoms with Crippen LogP contribution < -0.4 is 0 Å². The van der Waals surface area contributed by atoms with Gasteiger partial charge in [-0.25, -0.2) is 8.78 Å². The molecule has 178 valence electrons. The van der Waals surface area contributed by atoms with Gasteiger partial charge in [-0.1, -0.05) is 36.4 Å². The van der Waals surface area contributed by atoms with E-state index in [1.165, 1.54) is 53.4 Å². The fourth-order valence-electron chi connectivity index (χ4n) is 4.19. The zero-order valence-corrected chi connectivity index (χ0v) is 17.9. The van der Waals surface area contributed by atoms with E-state index < -0.39 is 42.0 Å². The lowest BCUT2D eigenvalue weighted by Gasteiger charge is -2.32. The lowest BCUT2D eigenvalue weighted by atomic mass is 9.94. The molecule has 0 aliphatic carbocycles. The number of hydrogen-bond donors (Lipinski definition) is 1. The molecular weight excluding hydrogens is 466 g/mol. The van der Waals surface area contributed by atoms with E-state index >= 15 is 0 Å². The summed E-state index contributed by atoms with van der Waals surface area (Å²) in [5, 5.41) is 18.1. The van der Waals surface area contributed by atoms with E-state index in [0.29, 0.717) is 11.1 Å². The molecule has 0 bridgehead atoms. The fourth-order valence-corrected chi connectivity index (χ4v) is 4.19. The van der Waals surface area contributed by atoms with E-state index in [-0.39, 0.29) is 29.1 Å². The maximum absolute atomic E-state index is 14.8. The predicted octanol–water partition coefficient (Wildman–Crippen LogP) is 5.38. The molecule has 10 heteroatoms. The highest BCUT2D eigenvalue weighted by molar-refractivity contribution is 5.99. The number of carbonyl (C=O) groups is 1. The molecule has 6 nitrogen and oxygen atoms in total. The third-order valence-electron chi connectivity index (χ3n) is 5.89. The summed E-state index contributed by atoms with van der Waals surface area (Å²) >= 11 is 0. The Bertz CT molecular complexity index is 1390. The van der Waals surface area contributed by atoms with Gasteiger partial charge in [-0.3, -0.25) is 4.79 Å². The normalized spacial score (nSPS) is 14.9. The minimum atomic E-state index is -2.93. The number of alkyl halides is 2. The van der Waals surface area contributed by atoms with Crippen molar-refractivity contribution >= 4 is 5.91 Å². The summed E-state index contributed by atoms with van der Waals surface area (Å²) in [5.74, 6) is -2.64. The SMILES string of the molecule is O=C1c2cc(-c3nnc(C(F)F)o3)ccc2CN1C(c1ccccc1F)C(O)c1ccc(F)cc1. The van der Waals surface area contributed by atoms with Crippen LogP contribution in [0.4, 0.5) is 17.6 Å². The molecule has 1 aliphatic heterocycles. The molecule has 2 heterocycles. The molecule has 0 saturated carbocycles. The van der Waals surface area contributed by atoms with Gasteiger partial charge in [0.1, 0.15) is 17.7 Å². The number of aliphatic hydroxyl groups excluding tert-OH is 1. The molecule has 3 aromatic carbocycles. The summed E-state index contributed by atoms with van der Waals surface area (Å²) in [6, 6.07) is 14.3. The Balaban J connectivity index is 1.53. The first-order valence-electron chi connectivity index (χ1n) is 10.6. The van der Waals surface area contributed by atoms with Crippen molar-refractivity contribution in [3.05, 3.63) is 107 Å². The maximum atomic E-state index is 14.8. The lowest BCUT2D eigenvalue weighted by Crippen LogP contribution is -2.34. The van der Waals surface area contributed by atoms with E-state index in [1.54, 1.807) is 18.2 Å². The van der Waals surface area contributed by atoms with Crippen LogP contribution in [0.15, 0.2) is 71.1 Å². The first kappa shape index (κ1) is 22.7. The van der Waals surface area contributed by atoms with Gasteiger partial charge in [0.25, 0.3) is 11.8 Å². The van der Waals surface area contributed by atoms with E-state index in [0.717, 1.165) is 0 Å². The third kappa shape index (κ3) is 4.17. The highest BCUT2D eigenvalue weighted by Crippen LogP contribution is 2.41. The van der Waals surface area contributed by atoms with Gasteiger partial charge in [0.2, 0.25) is 5.89 Å². The van der Waals surface area contributed by atoms with E-state index in [9.17, 15) is 27.5 Å². The Morgan fingerprint density at radius 3 is 2.40 bits per heavy atom. The molecule has 1 amide bonds. The fraction of sp³-hybridized carbons (Fsp3) is 0.160. The van der Waals surface area contributed by atoms with Gasteiger partial charge in [0.15, 0.2) is 0 Å². The first-order chi connectivity index (χ1) is 16.8. The predicted molar refractivity (Wildman–Crippen MR) is 115 cm³/mol. The molecular formula is C25H17F4N3O3. The smallest absolute Gasteiger partial charge is 0.314 e. The van der Waals surface area contributed by atoms with Crippen molar-refractivity contribution in [2.75, 3.05) is 0 Å². The zero-order chi connectivity index (χ0) is 24.7. The number of nitrogens with zero attached hydrogens (tertiary/aromatic N) is 3. The van der Waals surface area contributed by atoms with Crippen molar-refractivity contribution in [2.45, 2.75) is 25.1 Å². The topological polar surface area (TPSA) is 79.5 Å². The summed E-state index contributed by atoms with van der Waals surface area (Å²) in [4.78, 5) is 14.8. The van der Waals surface area contributed by atoms with Crippen LogP contribution in [-0.4, -0.2) is 26.1 Å². The van der Waals surface area contributed by atoms with Gasteiger partial charge in [-0.15, -0.1) is 10.2 Å². The molecule has 35 heavy (non-hydrogen) atoms. The van der Waals surface area contributed by atoms with E-state index in [4.69, 9.17) is 4.42 Å². The summed E-state index contributed by atoms with van der Waals surface area (Å²) < 4.78 is 58.9. The van der Waals surface area contributed by atoms with Crippen molar-refractivity contribution in [2.24, 2.45) is 0 Å². The van der Waals surface area contributed by atoms with Gasteiger partial charge in [-0.2, -0.15) is 8.78 Å². The molecule has 0 radical (unpaired) electrons. The third-order valence-corrected chi connectivity index (χ3v) is 5.89. The highest BCUT2D eigenvalue weighted by Gasteiger charge is 2.39. The Morgan fingerprint density at radius 2 is 1.71 bits per heavy atom. The first-order valence-corrected chi connectivity index (χ1v) is 10.6. The van der Waals surface area contributed by atoms with E-state index in [2.05, 4.69) is 10.2 Å². The number of carbonyl (C=O) groups excluding carboxylic acids is 1. The molecule has 0 saturated heterocycles. The Kier molecular flexibility index (Phi) is 5.81. The number of aliphatic hydroxyl groups is 1. The van der Waals surface area contributed by atoms with Gasteiger partial charge >= 0.3 is 6.43 Å². The van der Waals surface area contributed by atoms with Crippen molar-refractivity contribution < 1.29 is 31.9 Å². The number of aromatic nitrogens is 2. The van der Waals surface area contributed by atoms with Crippen molar-refractivity contribution in [3.8, 4) is 11.5 Å². The van der Waals surface area contributed by atoms with Crippen LogP contribution in [0, 0.1) is 11.6 Å². The van der Waals surface area contributed by atoms with Crippen LogP contribution in [0.5, 0.6) is 0 Å². The van der Waals surface area contributed by atoms with Gasteiger partial charge in [0, 0.05) is 23.2 Å². The Hall–Kier alpha value is -4.05. The average molecular weight is 483 g/mol. The number of hydrogen-bond acceptors (Lipinski definition) is 5. The number of halogens is 4. The Labute approximate surface area is 196 Å². The summed E-state index contributed by atoms with van der Waals surface area (Å²) in [6.07, 6.45) is -4.30. The van der Waals surface area contributed by atoms with Crippen molar-refractivity contribution in [1.82, 2.24) is 15.1 Å². The second kappa shape index (κ2) is 8.95. The molecule has 5 rings (SSSR count). The van der Waals surface area contributed by atoms with Gasteiger partial charge in [0.05, 0.1) is 6.04 Å². The number of fused-ring (bicyclic) bond motifs is 1. The largest absolute Gasteiger partial charge is 0.415 e. The van der Waals surface area contributed by atoms with Crippen molar-refractivity contribution in [1.29, 1.82) is 0 Å². The van der Waals surface area contributed by atoms with Crippen LogP contribution in [0.25, 0.3) is 11.5 Å². The zero-order valence-electron chi connectivity index (χ0n) is 17.9. The molecule has 0 fully saturated rings. The van der Waals surface area contributed by atoms with Crippen LogP contribution in [-0.2, 0) is 6.54 Å². The summed E-state index contributed by atoms with van der Waals surface area (Å²) in [7, 11) is 0. The molecule has 1 N–H and O–H groups in total. The standard InChI is InChI=1S/C25H17F4N3O3/c26-16-9-7-13(8-10-16)21(33)20(17-3-1-2-4-19(17)27)32-12-15-6-5-14(11-18(15)25(32)34)23-30-31-24(35-23)22(28)29/h1-11,20-22,33H,12H2. The summed E-state index contributed by atoms with van der Waals surface area (Å²) in [6.45, 7) is 0.0534. The molecule has 1 aromatic heterocycles. The monoisotopic (exact) mass is 483 g/mol. The van der Waals surface area contributed by atoms with Gasteiger partial charge < -0.3 is 14.4 Å². The van der Waals surface area contributed by atoms with Crippen LogP contribution >= 0.6 is 0 Å². The van der Waals surface area contributed by atoms with E-state index in [1.807, 2.05) is 0 Å². The lowest BCUT2D eigenvalue weighted by molar-refractivity contribution is 0.0349. The molecule has 0 spiro atoms. The minimum absolute atomic E-state index is 0.0534. The van der Waals surface area contributed by atoms with Crippen LogP contribution in [0.1, 0.15) is 51.5 Å². The number of amides is 1. The molecule has 1 aliphatic rings. The number of rotatable bonds is 6. The molecule has 4 aromatic rings. The van der Waals surface area contributed by atoms with Crippen LogP contribution in [0.2, 0.25) is 0 Å². The van der Waals surface area contributed by atoms with Gasteiger partial charge in [-0.05, 0) is 41.5 Å². The molecule has 2 unspecified atom stereocenters. The second-order valence-corrected chi connectivity index (χ2v) is 8.01. The van der Waals surface area contributed by atoms with Crippen molar-refractivity contribution in [3.63, 3.8) is 0 Å². The Morgan fingerprint density at radius 1 is 0.971 bits per heavy atom. The second-order valence-electron chi connectivity index (χ2n) is 8.01. The number of benzene rings is 3. The quantitative estimate of drug-likeness (QED) is 0.373. The highest BCUT2D eigenvalue weighted by atomic mass is 19.3. The molecule has 2 atom stereocenters. The minimum Gasteiger partial charge on any atom is -0.415 e. The van der Waals surface area contributed by atoms with Crippen LogP contribution in [0.3, 0.4) is 0 Å². The maximum Gasteiger partial charge on any atom is 0.314 e.